The normalized spacial score (nSPS) is 14.3. The minimum atomic E-state index is -4.45. The maximum absolute atomic E-state index is 12.9. The van der Waals surface area contributed by atoms with E-state index in [0.717, 1.165) is 22.9 Å². The van der Waals surface area contributed by atoms with Crippen molar-refractivity contribution in [2.75, 3.05) is 19.7 Å². The van der Waals surface area contributed by atoms with Crippen LogP contribution >= 0.6 is 0 Å². The number of carbonyl (C=O) groups is 1. The van der Waals surface area contributed by atoms with Gasteiger partial charge in [0.1, 0.15) is 5.75 Å². The predicted molar refractivity (Wildman–Crippen MR) is 114 cm³/mol. The predicted octanol–water partition coefficient (Wildman–Crippen LogP) is 4.91. The first kappa shape index (κ1) is 21.0. The van der Waals surface area contributed by atoms with Crippen LogP contribution in [-0.2, 0) is 11.0 Å². The third-order valence-corrected chi connectivity index (χ3v) is 5.56. The summed E-state index contributed by atoms with van der Waals surface area (Å²) >= 11 is 0. The van der Waals surface area contributed by atoms with Crippen LogP contribution in [0.5, 0.6) is 5.75 Å². The molecule has 168 valence electrons. The molecule has 2 heterocycles. The second-order valence-electron chi connectivity index (χ2n) is 7.83. The largest absolute Gasteiger partial charge is 0.484 e. The zero-order valence-corrected chi connectivity index (χ0v) is 17.2. The SMILES string of the molecule is O=C(COc1ccc2ccccc2c1)N1CC(c2nc(-c3cccc(C(F)(F)F)c3)no2)C1. The molecule has 0 spiro atoms. The monoisotopic (exact) mass is 453 g/mol. The van der Waals surface area contributed by atoms with E-state index in [0.29, 0.717) is 24.7 Å². The zero-order chi connectivity index (χ0) is 23.0. The first-order valence-corrected chi connectivity index (χ1v) is 10.3. The van der Waals surface area contributed by atoms with Crippen LogP contribution in [0.15, 0.2) is 71.3 Å². The Labute approximate surface area is 186 Å². The number of nitrogens with zero attached hydrogens (tertiary/aromatic N) is 3. The fraction of sp³-hybridized carbons (Fsp3) is 0.208. The highest BCUT2D eigenvalue weighted by Crippen LogP contribution is 2.32. The highest BCUT2D eigenvalue weighted by molar-refractivity contribution is 5.84. The van der Waals surface area contributed by atoms with Gasteiger partial charge in [0.25, 0.3) is 5.91 Å². The van der Waals surface area contributed by atoms with Gasteiger partial charge < -0.3 is 14.2 Å². The quantitative estimate of drug-likeness (QED) is 0.429. The molecule has 1 aliphatic rings. The Kier molecular flexibility index (Phi) is 5.24. The fourth-order valence-electron chi connectivity index (χ4n) is 3.68. The van der Waals surface area contributed by atoms with Gasteiger partial charge in [0, 0.05) is 18.7 Å². The lowest BCUT2D eigenvalue weighted by molar-refractivity contribution is -0.138. The van der Waals surface area contributed by atoms with Crippen LogP contribution in [0.3, 0.4) is 0 Å². The highest BCUT2D eigenvalue weighted by Gasteiger charge is 2.36. The van der Waals surface area contributed by atoms with Gasteiger partial charge in [-0.15, -0.1) is 0 Å². The van der Waals surface area contributed by atoms with Crippen molar-refractivity contribution in [3.8, 4) is 17.1 Å². The van der Waals surface area contributed by atoms with Gasteiger partial charge in [0.15, 0.2) is 6.61 Å². The second-order valence-corrected chi connectivity index (χ2v) is 7.83. The van der Waals surface area contributed by atoms with Gasteiger partial charge in [-0.2, -0.15) is 18.2 Å². The van der Waals surface area contributed by atoms with E-state index in [9.17, 15) is 18.0 Å². The van der Waals surface area contributed by atoms with Crippen molar-refractivity contribution in [1.82, 2.24) is 15.0 Å². The Morgan fingerprint density at radius 2 is 1.82 bits per heavy atom. The minimum absolute atomic E-state index is 0.0838. The van der Waals surface area contributed by atoms with E-state index in [1.807, 2.05) is 42.5 Å². The van der Waals surface area contributed by atoms with Crippen molar-refractivity contribution >= 4 is 16.7 Å². The first-order valence-electron chi connectivity index (χ1n) is 10.3. The summed E-state index contributed by atoms with van der Waals surface area (Å²) in [5.41, 5.74) is -0.561. The van der Waals surface area contributed by atoms with Gasteiger partial charge in [-0.3, -0.25) is 4.79 Å². The van der Waals surface area contributed by atoms with Crippen LogP contribution in [0.4, 0.5) is 13.2 Å². The summed E-state index contributed by atoms with van der Waals surface area (Å²) in [7, 11) is 0. The number of benzene rings is 3. The summed E-state index contributed by atoms with van der Waals surface area (Å²) < 4.78 is 49.7. The van der Waals surface area contributed by atoms with Crippen molar-refractivity contribution in [1.29, 1.82) is 0 Å². The second kappa shape index (κ2) is 8.23. The van der Waals surface area contributed by atoms with Gasteiger partial charge in [-0.1, -0.05) is 47.6 Å². The molecule has 0 bridgehead atoms. The molecule has 1 saturated heterocycles. The molecule has 0 aliphatic carbocycles. The van der Waals surface area contributed by atoms with Gasteiger partial charge in [-0.25, -0.2) is 0 Å². The van der Waals surface area contributed by atoms with Crippen LogP contribution in [-0.4, -0.2) is 40.6 Å². The number of alkyl halides is 3. The minimum Gasteiger partial charge on any atom is -0.484 e. The lowest BCUT2D eigenvalue weighted by Gasteiger charge is -2.36. The average molecular weight is 453 g/mol. The van der Waals surface area contributed by atoms with Gasteiger partial charge >= 0.3 is 6.18 Å². The number of amides is 1. The zero-order valence-electron chi connectivity index (χ0n) is 17.2. The Hall–Kier alpha value is -3.88. The third-order valence-electron chi connectivity index (χ3n) is 5.56. The summed E-state index contributed by atoms with van der Waals surface area (Å²) in [5, 5.41) is 5.92. The number of rotatable bonds is 5. The molecule has 0 saturated carbocycles. The number of fused-ring (bicyclic) bond motifs is 1. The Morgan fingerprint density at radius 3 is 2.61 bits per heavy atom. The molecular formula is C24H18F3N3O3. The fourth-order valence-corrected chi connectivity index (χ4v) is 3.68. The maximum atomic E-state index is 12.9. The van der Waals surface area contributed by atoms with Gasteiger partial charge in [-0.05, 0) is 35.0 Å². The smallest absolute Gasteiger partial charge is 0.416 e. The Morgan fingerprint density at radius 1 is 1.03 bits per heavy atom. The van der Waals surface area contributed by atoms with Crippen molar-refractivity contribution in [2.45, 2.75) is 12.1 Å². The van der Waals surface area contributed by atoms with Crippen LogP contribution < -0.4 is 4.74 Å². The van der Waals surface area contributed by atoms with Crippen molar-refractivity contribution < 1.29 is 27.2 Å². The molecule has 1 fully saturated rings. The van der Waals surface area contributed by atoms with E-state index in [2.05, 4.69) is 10.1 Å². The summed E-state index contributed by atoms with van der Waals surface area (Å²) in [6.45, 7) is 0.665. The molecule has 0 N–H and O–H groups in total. The summed E-state index contributed by atoms with van der Waals surface area (Å²) in [5.74, 6) is 0.655. The number of hydrogen-bond donors (Lipinski definition) is 0. The molecule has 3 aromatic carbocycles. The number of carbonyl (C=O) groups excluding carboxylic acids is 1. The molecule has 6 nitrogen and oxygen atoms in total. The molecular weight excluding hydrogens is 435 g/mol. The lowest BCUT2D eigenvalue weighted by atomic mass is 10.00. The lowest BCUT2D eigenvalue weighted by Crippen LogP contribution is -2.50. The van der Waals surface area contributed by atoms with Crippen molar-refractivity contribution in [3.63, 3.8) is 0 Å². The summed E-state index contributed by atoms with van der Waals surface area (Å²) in [4.78, 5) is 18.3. The first-order chi connectivity index (χ1) is 15.9. The standard InChI is InChI=1S/C24H18F3N3O3/c25-24(26,27)19-7-3-6-17(10-19)22-28-23(33-29-22)18-12-30(13-18)21(31)14-32-20-9-8-15-4-1-2-5-16(15)11-20/h1-11,18H,12-14H2. The van der Waals surface area contributed by atoms with Crippen molar-refractivity contribution in [2.24, 2.45) is 0 Å². The molecule has 0 radical (unpaired) electrons. The summed E-state index contributed by atoms with van der Waals surface area (Å²) in [6.07, 6.45) is -4.45. The number of halogens is 3. The van der Waals surface area contributed by atoms with Crippen LogP contribution in [0.25, 0.3) is 22.2 Å². The number of likely N-dealkylation sites (tertiary alicyclic amines) is 1. The molecule has 0 unspecified atom stereocenters. The topological polar surface area (TPSA) is 68.5 Å². The molecule has 5 rings (SSSR count). The van der Waals surface area contributed by atoms with Gasteiger partial charge in [0.05, 0.1) is 11.5 Å². The van der Waals surface area contributed by atoms with Crippen LogP contribution in [0.1, 0.15) is 17.4 Å². The number of ether oxygens (including phenoxy) is 1. The highest BCUT2D eigenvalue weighted by atomic mass is 19.4. The molecule has 1 aromatic heterocycles. The van der Waals surface area contributed by atoms with E-state index in [1.165, 1.54) is 12.1 Å². The average Bonchev–Trinajstić information content (AvgIpc) is 3.26. The van der Waals surface area contributed by atoms with E-state index in [1.54, 1.807) is 4.90 Å². The van der Waals surface area contributed by atoms with Crippen molar-refractivity contribution in [3.05, 3.63) is 78.2 Å². The van der Waals surface area contributed by atoms with E-state index < -0.39 is 11.7 Å². The van der Waals surface area contributed by atoms with Crippen LogP contribution in [0, 0.1) is 0 Å². The van der Waals surface area contributed by atoms with E-state index in [-0.39, 0.29) is 29.8 Å². The molecule has 9 heteroatoms. The van der Waals surface area contributed by atoms with Crippen LogP contribution in [0.2, 0.25) is 0 Å². The summed E-state index contributed by atoms with van der Waals surface area (Å²) in [6, 6.07) is 18.3. The van der Waals surface area contributed by atoms with E-state index in [4.69, 9.17) is 9.26 Å². The molecule has 1 aliphatic heterocycles. The number of aromatic nitrogens is 2. The molecule has 1 amide bonds. The maximum Gasteiger partial charge on any atom is 0.416 e. The third kappa shape index (κ3) is 4.39. The molecule has 33 heavy (non-hydrogen) atoms. The Bertz CT molecular complexity index is 1310. The molecule has 4 aromatic rings. The van der Waals surface area contributed by atoms with Gasteiger partial charge in [0.2, 0.25) is 11.7 Å². The van der Waals surface area contributed by atoms with E-state index >= 15 is 0 Å². The molecule has 0 atom stereocenters. The number of hydrogen-bond acceptors (Lipinski definition) is 5. The Balaban J connectivity index is 1.17.